The number of hydrogen-bond donors (Lipinski definition) is 1. The maximum absolute atomic E-state index is 12.2. The van der Waals surface area contributed by atoms with Crippen molar-refractivity contribution in [1.82, 2.24) is 0 Å². The van der Waals surface area contributed by atoms with E-state index in [2.05, 4.69) is 26.1 Å². The van der Waals surface area contributed by atoms with Crippen LogP contribution in [0.3, 0.4) is 0 Å². The molecule has 2 rings (SSSR count). The zero-order valence-electron chi connectivity index (χ0n) is 14.1. The van der Waals surface area contributed by atoms with Gasteiger partial charge in [-0.3, -0.25) is 4.79 Å². The number of carbonyl (C=O) groups is 1. The molecule has 1 N–H and O–H groups in total. The van der Waals surface area contributed by atoms with E-state index in [9.17, 15) is 4.79 Å². The van der Waals surface area contributed by atoms with E-state index in [1.807, 2.05) is 48.5 Å². The van der Waals surface area contributed by atoms with Crippen molar-refractivity contribution < 1.29 is 9.53 Å². The van der Waals surface area contributed by atoms with Crippen molar-refractivity contribution >= 4 is 17.7 Å². The molecule has 0 aliphatic carbocycles. The van der Waals surface area contributed by atoms with Crippen molar-refractivity contribution in [1.29, 1.82) is 0 Å². The molecular formula is C20H23NO2. The quantitative estimate of drug-likeness (QED) is 0.835. The normalized spacial score (nSPS) is 11.5. The molecule has 0 saturated carbocycles. The summed E-state index contributed by atoms with van der Waals surface area (Å²) in [5.74, 6) is 0.656. The smallest absolute Gasteiger partial charge is 0.248 e. The van der Waals surface area contributed by atoms with E-state index >= 15 is 0 Å². The Hall–Kier alpha value is -2.55. The Bertz CT molecular complexity index is 694. The Morgan fingerprint density at radius 1 is 1.04 bits per heavy atom. The summed E-state index contributed by atoms with van der Waals surface area (Å²) in [5.41, 5.74) is 2.89. The van der Waals surface area contributed by atoms with Crippen LogP contribution in [0.25, 0.3) is 6.08 Å². The summed E-state index contributed by atoms with van der Waals surface area (Å²) in [6.45, 7) is 6.39. The second-order valence-electron chi connectivity index (χ2n) is 6.39. The van der Waals surface area contributed by atoms with Crippen molar-refractivity contribution in [2.75, 3.05) is 12.4 Å². The lowest BCUT2D eigenvalue weighted by molar-refractivity contribution is -0.111. The van der Waals surface area contributed by atoms with Crippen LogP contribution < -0.4 is 10.1 Å². The zero-order valence-corrected chi connectivity index (χ0v) is 14.1. The minimum atomic E-state index is -0.141. The summed E-state index contributed by atoms with van der Waals surface area (Å²) in [6.07, 6.45) is 3.33. The van der Waals surface area contributed by atoms with Crippen LogP contribution in [0.1, 0.15) is 31.9 Å². The van der Waals surface area contributed by atoms with E-state index in [-0.39, 0.29) is 11.3 Å². The second-order valence-corrected chi connectivity index (χ2v) is 6.39. The topological polar surface area (TPSA) is 38.3 Å². The molecule has 0 aromatic heterocycles. The van der Waals surface area contributed by atoms with E-state index in [0.717, 1.165) is 22.6 Å². The van der Waals surface area contributed by atoms with E-state index < -0.39 is 0 Å². The molecule has 0 bridgehead atoms. The first-order valence-corrected chi connectivity index (χ1v) is 7.63. The molecular weight excluding hydrogens is 286 g/mol. The van der Waals surface area contributed by atoms with Gasteiger partial charge >= 0.3 is 0 Å². The van der Waals surface area contributed by atoms with Crippen LogP contribution in [0, 0.1) is 0 Å². The van der Waals surface area contributed by atoms with Gasteiger partial charge in [-0.1, -0.05) is 51.1 Å². The summed E-state index contributed by atoms with van der Waals surface area (Å²) in [4.78, 5) is 12.2. The maximum atomic E-state index is 12.2. The SMILES string of the molecule is COc1ccc(/C=C/C(=O)Nc2ccccc2C(C)(C)C)cc1. The van der Waals surface area contributed by atoms with Gasteiger partial charge in [0.2, 0.25) is 5.91 Å². The van der Waals surface area contributed by atoms with Gasteiger partial charge in [0.1, 0.15) is 5.75 Å². The fourth-order valence-corrected chi connectivity index (χ4v) is 2.31. The minimum absolute atomic E-state index is 0.0242. The molecule has 0 radical (unpaired) electrons. The monoisotopic (exact) mass is 309 g/mol. The predicted molar refractivity (Wildman–Crippen MR) is 95.8 cm³/mol. The number of ether oxygens (including phenoxy) is 1. The molecule has 1 amide bonds. The van der Waals surface area contributed by atoms with Crippen LogP contribution in [-0.4, -0.2) is 13.0 Å². The van der Waals surface area contributed by atoms with Crippen LogP contribution in [-0.2, 0) is 10.2 Å². The summed E-state index contributed by atoms with van der Waals surface area (Å²) < 4.78 is 5.12. The van der Waals surface area contributed by atoms with Gasteiger partial charge in [-0.15, -0.1) is 0 Å². The largest absolute Gasteiger partial charge is 0.497 e. The Morgan fingerprint density at radius 2 is 1.70 bits per heavy atom. The highest BCUT2D eigenvalue weighted by Gasteiger charge is 2.17. The van der Waals surface area contributed by atoms with E-state index in [4.69, 9.17) is 4.74 Å². The molecule has 0 aliphatic heterocycles. The van der Waals surface area contributed by atoms with Crippen LogP contribution in [0.4, 0.5) is 5.69 Å². The molecule has 0 spiro atoms. The molecule has 0 saturated heterocycles. The second kappa shape index (κ2) is 7.14. The highest BCUT2D eigenvalue weighted by Crippen LogP contribution is 2.29. The molecule has 120 valence electrons. The molecule has 23 heavy (non-hydrogen) atoms. The first-order valence-electron chi connectivity index (χ1n) is 7.63. The fraction of sp³-hybridized carbons (Fsp3) is 0.250. The average molecular weight is 309 g/mol. The summed E-state index contributed by atoms with van der Waals surface area (Å²) >= 11 is 0. The molecule has 2 aromatic rings. The lowest BCUT2D eigenvalue weighted by Gasteiger charge is -2.22. The Morgan fingerprint density at radius 3 is 2.30 bits per heavy atom. The summed E-state index contributed by atoms with van der Waals surface area (Å²) in [7, 11) is 1.63. The number of methoxy groups -OCH3 is 1. The molecule has 3 heteroatoms. The van der Waals surface area contributed by atoms with Crippen LogP contribution in [0.15, 0.2) is 54.6 Å². The predicted octanol–water partition coefficient (Wildman–Crippen LogP) is 4.64. The molecule has 0 fully saturated rings. The Labute approximate surface area is 138 Å². The number of carbonyl (C=O) groups excluding carboxylic acids is 1. The number of anilines is 1. The summed E-state index contributed by atoms with van der Waals surface area (Å²) in [6, 6.07) is 15.4. The van der Waals surface area contributed by atoms with Crippen LogP contribution >= 0.6 is 0 Å². The van der Waals surface area contributed by atoms with Crippen LogP contribution in [0.2, 0.25) is 0 Å². The van der Waals surface area contributed by atoms with Crippen molar-refractivity contribution in [3.05, 3.63) is 65.7 Å². The van der Waals surface area contributed by atoms with Gasteiger partial charge in [-0.05, 0) is 40.8 Å². The van der Waals surface area contributed by atoms with Gasteiger partial charge in [0.25, 0.3) is 0 Å². The van der Waals surface area contributed by atoms with Gasteiger partial charge in [0, 0.05) is 11.8 Å². The molecule has 0 atom stereocenters. The first-order chi connectivity index (χ1) is 10.9. The molecule has 0 heterocycles. The van der Waals surface area contributed by atoms with Crippen LogP contribution in [0.5, 0.6) is 5.75 Å². The zero-order chi connectivity index (χ0) is 16.9. The lowest BCUT2D eigenvalue weighted by Crippen LogP contribution is -2.17. The van der Waals surface area contributed by atoms with E-state index in [1.54, 1.807) is 19.3 Å². The number of amides is 1. The molecule has 0 aliphatic rings. The van der Waals surface area contributed by atoms with Gasteiger partial charge in [0.15, 0.2) is 0 Å². The number of benzene rings is 2. The molecule has 2 aromatic carbocycles. The van der Waals surface area contributed by atoms with Gasteiger partial charge in [-0.25, -0.2) is 0 Å². The fourth-order valence-electron chi connectivity index (χ4n) is 2.31. The lowest BCUT2D eigenvalue weighted by atomic mass is 9.86. The van der Waals surface area contributed by atoms with Crippen molar-refractivity contribution in [3.8, 4) is 5.75 Å². The average Bonchev–Trinajstić information content (AvgIpc) is 2.53. The third-order valence-electron chi connectivity index (χ3n) is 3.54. The maximum Gasteiger partial charge on any atom is 0.248 e. The molecule has 0 unspecified atom stereocenters. The van der Waals surface area contributed by atoms with Gasteiger partial charge < -0.3 is 10.1 Å². The third kappa shape index (κ3) is 4.71. The summed E-state index contributed by atoms with van der Waals surface area (Å²) in [5, 5.41) is 2.96. The minimum Gasteiger partial charge on any atom is -0.497 e. The van der Waals surface area contributed by atoms with Crippen molar-refractivity contribution in [2.24, 2.45) is 0 Å². The highest BCUT2D eigenvalue weighted by molar-refractivity contribution is 6.02. The Kier molecular flexibility index (Phi) is 5.22. The van der Waals surface area contributed by atoms with E-state index in [0.29, 0.717) is 0 Å². The third-order valence-corrected chi connectivity index (χ3v) is 3.54. The Balaban J connectivity index is 2.09. The van der Waals surface area contributed by atoms with Gasteiger partial charge in [0.05, 0.1) is 7.11 Å². The van der Waals surface area contributed by atoms with Gasteiger partial charge in [-0.2, -0.15) is 0 Å². The number of hydrogen-bond acceptors (Lipinski definition) is 2. The molecule has 3 nitrogen and oxygen atoms in total. The van der Waals surface area contributed by atoms with Crippen molar-refractivity contribution in [2.45, 2.75) is 26.2 Å². The first kappa shape index (κ1) is 16.8. The number of para-hydroxylation sites is 1. The number of nitrogens with one attached hydrogen (secondary N) is 1. The highest BCUT2D eigenvalue weighted by atomic mass is 16.5. The number of rotatable bonds is 4. The standard InChI is InChI=1S/C20H23NO2/c1-20(2,3)17-7-5-6-8-18(17)21-19(22)14-11-15-9-12-16(23-4)13-10-15/h5-14H,1-4H3,(H,21,22)/b14-11+. The van der Waals surface area contributed by atoms with E-state index in [1.165, 1.54) is 0 Å². The van der Waals surface area contributed by atoms with Crippen molar-refractivity contribution in [3.63, 3.8) is 0 Å².